The van der Waals surface area contributed by atoms with Crippen molar-refractivity contribution in [3.8, 4) is 11.4 Å². The average molecular weight is 386 g/mol. The van der Waals surface area contributed by atoms with Gasteiger partial charge >= 0.3 is 0 Å². The Hall–Kier alpha value is -1.89. The van der Waals surface area contributed by atoms with E-state index < -0.39 is 0 Å². The molecule has 0 N–H and O–H groups in total. The number of thioether (sulfide) groups is 1. The van der Waals surface area contributed by atoms with Crippen molar-refractivity contribution in [3.63, 3.8) is 0 Å². The molecule has 0 aromatic carbocycles. The average Bonchev–Trinajstić information content (AvgIpc) is 3.45. The molecule has 2 saturated carbocycles. The fourth-order valence-electron chi connectivity index (χ4n) is 3.97. The van der Waals surface area contributed by atoms with Crippen molar-refractivity contribution in [2.45, 2.75) is 62.7 Å². The second kappa shape index (κ2) is 8.00. The highest BCUT2D eigenvalue weighted by atomic mass is 32.2. The van der Waals surface area contributed by atoms with E-state index in [0.717, 1.165) is 48.1 Å². The predicted molar refractivity (Wildman–Crippen MR) is 106 cm³/mol. The van der Waals surface area contributed by atoms with Crippen LogP contribution in [0, 0.1) is 5.92 Å². The van der Waals surface area contributed by atoms with Crippen LogP contribution in [0.4, 0.5) is 0 Å². The zero-order valence-electron chi connectivity index (χ0n) is 16.0. The van der Waals surface area contributed by atoms with Gasteiger partial charge in [-0.2, -0.15) is 0 Å². The Bertz CT molecular complexity index is 781. The highest BCUT2D eigenvalue weighted by molar-refractivity contribution is 7.99. The third kappa shape index (κ3) is 4.18. The maximum atomic E-state index is 13.0. The van der Waals surface area contributed by atoms with Crippen molar-refractivity contribution in [2.75, 3.05) is 5.75 Å². The minimum Gasteiger partial charge on any atom is -0.336 e. The number of hydrogen-bond donors (Lipinski definition) is 0. The van der Waals surface area contributed by atoms with Crippen LogP contribution in [0.2, 0.25) is 0 Å². The molecule has 2 aromatic heterocycles. The van der Waals surface area contributed by atoms with Gasteiger partial charge in [0, 0.05) is 37.1 Å². The lowest BCUT2D eigenvalue weighted by atomic mass is 9.86. The predicted octanol–water partition coefficient (Wildman–Crippen LogP) is 3.54. The van der Waals surface area contributed by atoms with Crippen LogP contribution in [0.15, 0.2) is 29.7 Å². The van der Waals surface area contributed by atoms with Crippen molar-refractivity contribution in [2.24, 2.45) is 13.0 Å². The highest BCUT2D eigenvalue weighted by Crippen LogP contribution is 2.36. The Morgan fingerprint density at radius 1 is 1.19 bits per heavy atom. The molecule has 2 heterocycles. The first-order chi connectivity index (χ1) is 13.1. The topological polar surface area (TPSA) is 63.9 Å². The standard InChI is InChI=1S/C20H27N5OS/c1-14-5-7-16(8-6-14)25(17-9-10-17)18(26)13-27-20-23-22-19(24(20)2)15-4-3-11-21-12-15/h3-4,11-12,14,16-17H,5-10,13H2,1-2H3. The summed E-state index contributed by atoms with van der Waals surface area (Å²) in [5.74, 6) is 2.27. The van der Waals surface area contributed by atoms with E-state index in [-0.39, 0.29) is 5.91 Å². The highest BCUT2D eigenvalue weighted by Gasteiger charge is 2.38. The van der Waals surface area contributed by atoms with Crippen LogP contribution < -0.4 is 0 Å². The summed E-state index contributed by atoms with van der Waals surface area (Å²) in [5.41, 5.74) is 0.932. The molecular formula is C20H27N5OS. The van der Waals surface area contributed by atoms with Gasteiger partial charge in [-0.15, -0.1) is 10.2 Å². The van der Waals surface area contributed by atoms with Gasteiger partial charge in [-0.25, -0.2) is 0 Å². The van der Waals surface area contributed by atoms with Crippen LogP contribution in [0.3, 0.4) is 0 Å². The fraction of sp³-hybridized carbons (Fsp3) is 0.600. The molecular weight excluding hydrogens is 358 g/mol. The zero-order valence-corrected chi connectivity index (χ0v) is 16.9. The van der Waals surface area contributed by atoms with E-state index in [2.05, 4.69) is 27.0 Å². The van der Waals surface area contributed by atoms with Gasteiger partial charge in [-0.05, 0) is 56.6 Å². The van der Waals surface area contributed by atoms with E-state index in [1.54, 1.807) is 12.4 Å². The molecule has 0 spiro atoms. The molecule has 0 saturated heterocycles. The van der Waals surface area contributed by atoms with Crippen LogP contribution in [-0.2, 0) is 11.8 Å². The molecule has 144 valence electrons. The summed E-state index contributed by atoms with van der Waals surface area (Å²) in [6.45, 7) is 2.32. The summed E-state index contributed by atoms with van der Waals surface area (Å²) < 4.78 is 1.94. The van der Waals surface area contributed by atoms with E-state index in [1.807, 2.05) is 23.7 Å². The van der Waals surface area contributed by atoms with Crippen molar-refractivity contribution in [1.29, 1.82) is 0 Å². The smallest absolute Gasteiger partial charge is 0.233 e. The van der Waals surface area contributed by atoms with Gasteiger partial charge < -0.3 is 9.47 Å². The summed E-state index contributed by atoms with van der Waals surface area (Å²) in [4.78, 5) is 19.4. The number of aromatic nitrogens is 4. The second-order valence-corrected chi connectivity index (χ2v) is 8.78. The van der Waals surface area contributed by atoms with E-state index in [9.17, 15) is 4.79 Å². The minimum absolute atomic E-state index is 0.257. The van der Waals surface area contributed by atoms with Gasteiger partial charge in [-0.3, -0.25) is 9.78 Å². The van der Waals surface area contributed by atoms with E-state index in [1.165, 1.54) is 24.6 Å². The van der Waals surface area contributed by atoms with Crippen LogP contribution in [0.25, 0.3) is 11.4 Å². The van der Waals surface area contributed by atoms with Crippen LogP contribution in [-0.4, -0.2) is 48.4 Å². The summed E-state index contributed by atoms with van der Waals surface area (Å²) in [5, 5.41) is 9.34. The number of amides is 1. The molecule has 2 fully saturated rings. The molecule has 2 aliphatic rings. The van der Waals surface area contributed by atoms with Crippen molar-refractivity contribution in [3.05, 3.63) is 24.5 Å². The molecule has 0 radical (unpaired) electrons. The Labute approximate surface area is 164 Å². The number of carbonyl (C=O) groups is 1. The normalized spacial score (nSPS) is 22.6. The van der Waals surface area contributed by atoms with Crippen LogP contribution >= 0.6 is 11.8 Å². The third-order valence-corrected chi connectivity index (χ3v) is 6.69. The summed E-state index contributed by atoms with van der Waals surface area (Å²) in [6.07, 6.45) is 10.6. The van der Waals surface area contributed by atoms with Gasteiger partial charge in [0.05, 0.1) is 5.75 Å². The summed E-state index contributed by atoms with van der Waals surface area (Å²) in [7, 11) is 1.94. The molecule has 1 amide bonds. The van der Waals surface area contributed by atoms with E-state index in [4.69, 9.17) is 0 Å². The lowest BCUT2D eigenvalue weighted by molar-refractivity contribution is -0.132. The minimum atomic E-state index is 0.257. The molecule has 0 atom stereocenters. The lowest BCUT2D eigenvalue weighted by Crippen LogP contribution is -2.44. The van der Waals surface area contributed by atoms with Gasteiger partial charge in [0.2, 0.25) is 5.91 Å². The first-order valence-corrected chi connectivity index (χ1v) is 10.9. The Balaban J connectivity index is 1.40. The molecule has 2 aliphatic carbocycles. The zero-order chi connectivity index (χ0) is 18.8. The number of hydrogen-bond acceptors (Lipinski definition) is 5. The number of pyridine rings is 1. The Morgan fingerprint density at radius 2 is 1.89 bits per heavy atom. The molecule has 2 aromatic rings. The first kappa shape index (κ1) is 18.5. The number of nitrogens with zero attached hydrogens (tertiary/aromatic N) is 5. The molecule has 6 nitrogen and oxygen atoms in total. The van der Waals surface area contributed by atoms with E-state index >= 15 is 0 Å². The molecule has 0 unspecified atom stereocenters. The summed E-state index contributed by atoms with van der Waals surface area (Å²) >= 11 is 1.49. The molecule has 0 bridgehead atoms. The maximum Gasteiger partial charge on any atom is 0.233 e. The Kier molecular flexibility index (Phi) is 5.48. The third-order valence-electron chi connectivity index (χ3n) is 5.69. The van der Waals surface area contributed by atoms with Gasteiger partial charge in [0.25, 0.3) is 0 Å². The quantitative estimate of drug-likeness (QED) is 0.712. The van der Waals surface area contributed by atoms with Gasteiger partial charge in [0.1, 0.15) is 0 Å². The number of rotatable bonds is 6. The Morgan fingerprint density at radius 3 is 2.52 bits per heavy atom. The van der Waals surface area contributed by atoms with Crippen LogP contribution in [0.5, 0.6) is 0 Å². The summed E-state index contributed by atoms with van der Waals surface area (Å²) in [6, 6.07) is 4.77. The molecule has 0 aliphatic heterocycles. The maximum absolute atomic E-state index is 13.0. The van der Waals surface area contributed by atoms with E-state index in [0.29, 0.717) is 17.8 Å². The SMILES string of the molecule is CC1CCC(N(C(=O)CSc2nnc(-c3cccnc3)n2C)C2CC2)CC1. The fourth-order valence-corrected chi connectivity index (χ4v) is 4.75. The van der Waals surface area contributed by atoms with Crippen molar-refractivity contribution < 1.29 is 4.79 Å². The largest absolute Gasteiger partial charge is 0.336 e. The van der Waals surface area contributed by atoms with Crippen molar-refractivity contribution >= 4 is 17.7 Å². The molecule has 27 heavy (non-hydrogen) atoms. The monoisotopic (exact) mass is 385 g/mol. The first-order valence-electron chi connectivity index (χ1n) is 9.87. The molecule has 7 heteroatoms. The van der Waals surface area contributed by atoms with Crippen molar-refractivity contribution in [1.82, 2.24) is 24.6 Å². The second-order valence-electron chi connectivity index (χ2n) is 7.84. The number of carbonyl (C=O) groups excluding carboxylic acids is 1. The molecule has 4 rings (SSSR count). The van der Waals surface area contributed by atoms with Gasteiger partial charge in [-0.1, -0.05) is 18.7 Å². The van der Waals surface area contributed by atoms with Crippen LogP contribution in [0.1, 0.15) is 45.4 Å². The lowest BCUT2D eigenvalue weighted by Gasteiger charge is -2.36. The van der Waals surface area contributed by atoms with Gasteiger partial charge in [0.15, 0.2) is 11.0 Å².